The van der Waals surface area contributed by atoms with E-state index in [1.165, 1.54) is 16.7 Å². The van der Waals surface area contributed by atoms with Gasteiger partial charge in [0.25, 0.3) is 0 Å². The average Bonchev–Trinajstić information content (AvgIpc) is 2.96. The van der Waals surface area contributed by atoms with Crippen molar-refractivity contribution >= 4 is 6.09 Å². The molecule has 43 heavy (non-hydrogen) atoms. The second-order valence-electron chi connectivity index (χ2n) is 12.1. The Morgan fingerprint density at radius 3 is 1.23 bits per heavy atom. The van der Waals surface area contributed by atoms with Crippen LogP contribution >= 0.6 is 0 Å². The first kappa shape index (κ1) is 39.2. The lowest BCUT2D eigenvalue weighted by molar-refractivity contribution is 0.0527. The van der Waals surface area contributed by atoms with Gasteiger partial charge in [-0.3, -0.25) is 0 Å². The van der Waals surface area contributed by atoms with Crippen molar-refractivity contribution in [2.24, 2.45) is 11.5 Å². The molecular weight excluding hydrogens is 542 g/mol. The van der Waals surface area contributed by atoms with Crippen molar-refractivity contribution in [2.75, 3.05) is 78.5 Å². The number of alkyl carbamates (subject to hydrolysis) is 1. The van der Waals surface area contributed by atoms with Gasteiger partial charge < -0.3 is 53.4 Å². The predicted molar refractivity (Wildman–Crippen MR) is 180 cm³/mol. The molecule has 0 aliphatic rings. The summed E-state index contributed by atoms with van der Waals surface area (Å²) in [5.41, 5.74) is 14.6. The van der Waals surface area contributed by atoms with Crippen LogP contribution in [-0.4, -0.2) is 90.2 Å². The highest BCUT2D eigenvalue weighted by Crippen LogP contribution is 2.11. The van der Waals surface area contributed by atoms with Crippen LogP contribution in [0.5, 0.6) is 0 Å². The van der Waals surface area contributed by atoms with Crippen LogP contribution < -0.4 is 48.7 Å². The standard InChI is InChI=1S/C32H65N9O2/c1-32(2,3)43-31(42)41-21-9-17-37-16-8-20-40-27-30-23-28(25-38-18-6-14-35-12-4-10-33)22-29(24-30)26-39-19-7-15-36-13-5-11-34/h22-24,35-40H,4-21,25-27,33-34H2,1-3H3,(H,41,42). The Morgan fingerprint density at radius 2 is 0.884 bits per heavy atom. The zero-order chi connectivity index (χ0) is 31.4. The molecule has 11 N–H and O–H groups in total. The molecule has 0 spiro atoms. The van der Waals surface area contributed by atoms with E-state index in [0.717, 1.165) is 130 Å². The molecule has 11 nitrogen and oxygen atoms in total. The minimum Gasteiger partial charge on any atom is -0.444 e. The summed E-state index contributed by atoms with van der Waals surface area (Å²) in [5.74, 6) is 0. The lowest BCUT2D eigenvalue weighted by Crippen LogP contribution is -2.34. The van der Waals surface area contributed by atoms with E-state index in [1.54, 1.807) is 0 Å². The van der Waals surface area contributed by atoms with Crippen molar-refractivity contribution in [1.29, 1.82) is 0 Å². The Hall–Kier alpha value is -1.83. The normalized spacial score (nSPS) is 11.7. The third-order valence-corrected chi connectivity index (χ3v) is 6.53. The van der Waals surface area contributed by atoms with Crippen LogP contribution in [0.4, 0.5) is 4.79 Å². The van der Waals surface area contributed by atoms with Gasteiger partial charge in [-0.15, -0.1) is 0 Å². The summed E-state index contributed by atoms with van der Waals surface area (Å²) in [5, 5.41) is 24.0. The molecule has 0 aliphatic heterocycles. The number of ether oxygens (including phenoxy) is 1. The summed E-state index contributed by atoms with van der Waals surface area (Å²) in [6.07, 6.45) is 5.84. The fraction of sp³-hybridized carbons (Fsp3) is 0.781. The van der Waals surface area contributed by atoms with Crippen molar-refractivity contribution in [2.45, 2.75) is 84.5 Å². The molecule has 0 atom stereocenters. The highest BCUT2D eigenvalue weighted by atomic mass is 16.6. The zero-order valence-corrected chi connectivity index (χ0v) is 27.6. The van der Waals surface area contributed by atoms with E-state index in [0.29, 0.717) is 6.54 Å². The lowest BCUT2D eigenvalue weighted by atomic mass is 10.0. The summed E-state index contributed by atoms with van der Waals surface area (Å²) in [4.78, 5) is 11.7. The van der Waals surface area contributed by atoms with Crippen LogP contribution in [0, 0.1) is 0 Å². The molecule has 11 heteroatoms. The van der Waals surface area contributed by atoms with Gasteiger partial charge in [0.2, 0.25) is 0 Å². The fourth-order valence-electron chi connectivity index (χ4n) is 4.41. The van der Waals surface area contributed by atoms with E-state index >= 15 is 0 Å². The topological polar surface area (TPSA) is 163 Å². The predicted octanol–water partition coefficient (Wildman–Crippen LogP) is 1.51. The van der Waals surface area contributed by atoms with E-state index in [9.17, 15) is 4.79 Å². The molecule has 0 fully saturated rings. The molecule has 0 aromatic heterocycles. The SMILES string of the molecule is CC(C)(C)OC(=O)NCCCNCCCNCc1cc(CNCCCNCCCN)cc(CNCCCNCCCN)c1. The Labute approximate surface area is 262 Å². The number of carbonyl (C=O) groups is 1. The van der Waals surface area contributed by atoms with E-state index in [4.69, 9.17) is 16.2 Å². The maximum absolute atomic E-state index is 11.7. The molecule has 0 heterocycles. The number of hydrogen-bond donors (Lipinski definition) is 9. The number of carbonyl (C=O) groups excluding carboxylic acids is 1. The van der Waals surface area contributed by atoms with Crippen molar-refractivity contribution in [3.05, 3.63) is 34.9 Å². The maximum Gasteiger partial charge on any atom is 0.407 e. The number of hydrogen-bond acceptors (Lipinski definition) is 10. The quantitative estimate of drug-likeness (QED) is 0.0639. The largest absolute Gasteiger partial charge is 0.444 e. The molecule has 1 aromatic rings. The fourth-order valence-corrected chi connectivity index (χ4v) is 4.41. The van der Waals surface area contributed by atoms with E-state index in [-0.39, 0.29) is 6.09 Å². The van der Waals surface area contributed by atoms with Crippen molar-refractivity contribution in [3.8, 4) is 0 Å². The van der Waals surface area contributed by atoms with Gasteiger partial charge in [0.05, 0.1) is 0 Å². The number of nitrogens with two attached hydrogens (primary N) is 2. The molecule has 1 rings (SSSR count). The molecule has 250 valence electrons. The highest BCUT2D eigenvalue weighted by Gasteiger charge is 2.15. The highest BCUT2D eigenvalue weighted by molar-refractivity contribution is 5.67. The maximum atomic E-state index is 11.7. The van der Waals surface area contributed by atoms with E-state index < -0.39 is 5.60 Å². The monoisotopic (exact) mass is 608 g/mol. The number of rotatable bonds is 28. The molecule has 1 amide bonds. The lowest BCUT2D eigenvalue weighted by Gasteiger charge is -2.19. The minimum atomic E-state index is -0.462. The van der Waals surface area contributed by atoms with Crippen LogP contribution in [0.1, 0.15) is 76.0 Å². The van der Waals surface area contributed by atoms with E-state index in [1.807, 2.05) is 20.8 Å². The number of amides is 1. The Bertz CT molecular complexity index is 767. The number of nitrogens with one attached hydrogen (secondary N) is 7. The number of benzene rings is 1. The van der Waals surface area contributed by atoms with Gasteiger partial charge in [0.15, 0.2) is 0 Å². The Kier molecular flexibility index (Phi) is 24.2. The molecule has 0 aliphatic carbocycles. The molecule has 1 aromatic carbocycles. The molecule has 0 bridgehead atoms. The molecule has 0 radical (unpaired) electrons. The smallest absolute Gasteiger partial charge is 0.407 e. The van der Waals surface area contributed by atoms with Crippen molar-refractivity contribution in [1.82, 2.24) is 37.2 Å². The van der Waals surface area contributed by atoms with Gasteiger partial charge in [0, 0.05) is 26.2 Å². The Balaban J connectivity index is 2.34. The summed E-state index contributed by atoms with van der Waals surface area (Å²) < 4.78 is 5.25. The molecule has 0 saturated heterocycles. The summed E-state index contributed by atoms with van der Waals surface area (Å²) >= 11 is 0. The average molecular weight is 608 g/mol. The molecular formula is C32H65N9O2. The van der Waals surface area contributed by atoms with Crippen LogP contribution in [0.3, 0.4) is 0 Å². The summed E-state index contributed by atoms with van der Waals surface area (Å²) in [7, 11) is 0. The Morgan fingerprint density at radius 1 is 0.558 bits per heavy atom. The van der Waals surface area contributed by atoms with Gasteiger partial charge in [-0.1, -0.05) is 18.2 Å². The van der Waals surface area contributed by atoms with Crippen LogP contribution in [0.15, 0.2) is 18.2 Å². The van der Waals surface area contributed by atoms with Gasteiger partial charge in [-0.25, -0.2) is 4.79 Å². The van der Waals surface area contributed by atoms with Gasteiger partial charge >= 0.3 is 6.09 Å². The van der Waals surface area contributed by atoms with Crippen LogP contribution in [0.2, 0.25) is 0 Å². The van der Waals surface area contributed by atoms with Gasteiger partial charge in [-0.2, -0.15) is 0 Å². The first-order chi connectivity index (χ1) is 20.8. The van der Waals surface area contributed by atoms with E-state index in [2.05, 4.69) is 55.4 Å². The van der Waals surface area contributed by atoms with Crippen LogP contribution in [-0.2, 0) is 24.4 Å². The zero-order valence-electron chi connectivity index (χ0n) is 27.6. The molecule has 0 saturated carbocycles. The first-order valence-electron chi connectivity index (χ1n) is 16.6. The van der Waals surface area contributed by atoms with Crippen LogP contribution in [0.25, 0.3) is 0 Å². The first-order valence-corrected chi connectivity index (χ1v) is 16.6. The van der Waals surface area contributed by atoms with Crippen molar-refractivity contribution < 1.29 is 9.53 Å². The van der Waals surface area contributed by atoms with Gasteiger partial charge in [-0.05, 0) is 148 Å². The second kappa shape index (κ2) is 26.6. The minimum absolute atomic E-state index is 0.354. The second-order valence-corrected chi connectivity index (χ2v) is 12.1. The third-order valence-electron chi connectivity index (χ3n) is 6.53. The molecule has 0 unspecified atom stereocenters. The summed E-state index contributed by atoms with van der Waals surface area (Å²) in [6.45, 7) is 19.1. The third kappa shape index (κ3) is 25.2. The van der Waals surface area contributed by atoms with Crippen molar-refractivity contribution in [3.63, 3.8) is 0 Å². The summed E-state index contributed by atoms with van der Waals surface area (Å²) in [6, 6.07) is 6.96. The van der Waals surface area contributed by atoms with Gasteiger partial charge in [0.1, 0.15) is 5.60 Å².